The molecule has 0 amide bonds. The van der Waals surface area contributed by atoms with Crippen LogP contribution in [-0.2, 0) is 14.4 Å². The van der Waals surface area contributed by atoms with Crippen molar-refractivity contribution in [1.82, 2.24) is 0 Å². The summed E-state index contributed by atoms with van der Waals surface area (Å²) in [6.45, 7) is 6.91. The number of methoxy groups -OCH3 is 1. The van der Waals surface area contributed by atoms with Gasteiger partial charge in [0.25, 0.3) is 0 Å². The Balaban J connectivity index is 2.81. The van der Waals surface area contributed by atoms with Gasteiger partial charge in [-0.25, -0.2) is 4.89 Å². The van der Waals surface area contributed by atoms with E-state index in [-0.39, 0.29) is 23.2 Å². The normalized spacial score (nSPS) is 29.7. The van der Waals surface area contributed by atoms with Crippen molar-refractivity contribution in [3.63, 3.8) is 0 Å². The van der Waals surface area contributed by atoms with E-state index < -0.39 is 11.7 Å². The number of esters is 1. The Kier molecular flexibility index (Phi) is 3.34. The molecule has 3 unspecified atom stereocenters. The second-order valence-corrected chi connectivity index (χ2v) is 5.49. The molecule has 1 saturated carbocycles. The first-order chi connectivity index (χ1) is 7.20. The van der Waals surface area contributed by atoms with Crippen molar-refractivity contribution in [1.29, 1.82) is 0 Å². The lowest BCUT2D eigenvalue weighted by Crippen LogP contribution is -2.41. The van der Waals surface area contributed by atoms with Crippen LogP contribution in [0.25, 0.3) is 0 Å². The maximum absolute atomic E-state index is 11.5. The fourth-order valence-corrected chi connectivity index (χ4v) is 2.33. The third-order valence-corrected chi connectivity index (χ3v) is 3.65. The Bertz CT molecular complexity index is 284. The molecule has 0 saturated heterocycles. The van der Waals surface area contributed by atoms with Crippen molar-refractivity contribution in [3.05, 3.63) is 0 Å². The van der Waals surface area contributed by atoms with Crippen molar-refractivity contribution in [2.24, 2.45) is 17.3 Å². The number of carbonyl (C=O) groups excluding carboxylic acids is 1. The fraction of sp³-hybridized carbons (Fsp3) is 0.909. The molecule has 3 atom stereocenters. The largest absolute Gasteiger partial charge is 0.469 e. The maximum Gasteiger partial charge on any atom is 0.309 e. The summed E-state index contributed by atoms with van der Waals surface area (Å²) in [5, 5.41) is 18.8. The molecule has 1 fully saturated rings. The molecule has 2 N–H and O–H groups in total. The van der Waals surface area contributed by atoms with Gasteiger partial charge in [-0.1, -0.05) is 13.8 Å². The second kappa shape index (κ2) is 3.98. The number of rotatable bonds is 4. The highest BCUT2D eigenvalue weighted by Crippen LogP contribution is 2.61. The van der Waals surface area contributed by atoms with Crippen LogP contribution in [-0.4, -0.2) is 35.1 Å². The molecule has 5 nitrogen and oxygen atoms in total. The molecule has 5 heteroatoms. The Morgan fingerprint density at radius 1 is 1.44 bits per heavy atom. The minimum atomic E-state index is -1.09. The Morgan fingerprint density at radius 2 is 1.94 bits per heavy atom. The summed E-state index contributed by atoms with van der Waals surface area (Å²) in [7, 11) is 1.33. The van der Waals surface area contributed by atoms with Crippen molar-refractivity contribution >= 4 is 5.97 Å². The monoisotopic (exact) mass is 232 g/mol. The average Bonchev–Trinajstić information content (AvgIpc) is 2.79. The second-order valence-electron chi connectivity index (χ2n) is 5.49. The summed E-state index contributed by atoms with van der Waals surface area (Å²) in [5.74, 6) is -0.938. The maximum atomic E-state index is 11.5. The van der Waals surface area contributed by atoms with Crippen LogP contribution < -0.4 is 0 Å². The van der Waals surface area contributed by atoms with E-state index in [2.05, 4.69) is 9.62 Å². The first-order valence-electron chi connectivity index (χ1n) is 5.28. The molecule has 0 bridgehead atoms. The van der Waals surface area contributed by atoms with Crippen LogP contribution in [0.4, 0.5) is 0 Å². The van der Waals surface area contributed by atoms with Gasteiger partial charge in [0.2, 0.25) is 0 Å². The van der Waals surface area contributed by atoms with Crippen LogP contribution in [0.15, 0.2) is 0 Å². The molecule has 0 radical (unpaired) electrons. The highest BCUT2D eigenvalue weighted by molar-refractivity contribution is 5.77. The minimum Gasteiger partial charge on any atom is -0.469 e. The zero-order valence-corrected chi connectivity index (χ0v) is 10.4. The molecule has 1 rings (SSSR count). The van der Waals surface area contributed by atoms with Crippen LogP contribution in [0, 0.1) is 17.3 Å². The molecular weight excluding hydrogens is 212 g/mol. The third-order valence-electron chi connectivity index (χ3n) is 3.65. The third kappa shape index (κ3) is 1.95. The molecule has 16 heavy (non-hydrogen) atoms. The highest BCUT2D eigenvalue weighted by atomic mass is 17.1. The van der Waals surface area contributed by atoms with Crippen LogP contribution in [0.1, 0.15) is 27.7 Å². The molecule has 0 aromatic carbocycles. The van der Waals surface area contributed by atoms with Crippen molar-refractivity contribution in [2.75, 3.05) is 7.11 Å². The van der Waals surface area contributed by atoms with Crippen molar-refractivity contribution in [2.45, 2.75) is 39.4 Å². The zero-order chi connectivity index (χ0) is 12.7. The molecule has 1 aliphatic rings. The van der Waals surface area contributed by atoms with Gasteiger partial charge in [-0.3, -0.25) is 10.1 Å². The first-order valence-corrected chi connectivity index (χ1v) is 5.28. The highest BCUT2D eigenvalue weighted by Gasteiger charge is 2.67. The van der Waals surface area contributed by atoms with Crippen LogP contribution >= 0.6 is 0 Å². The summed E-state index contributed by atoms with van der Waals surface area (Å²) >= 11 is 0. The summed E-state index contributed by atoms with van der Waals surface area (Å²) in [4.78, 5) is 15.7. The molecule has 0 heterocycles. The predicted molar refractivity (Wildman–Crippen MR) is 56.6 cm³/mol. The molecule has 0 spiro atoms. The van der Waals surface area contributed by atoms with Crippen molar-refractivity contribution < 1.29 is 24.8 Å². The summed E-state index contributed by atoms with van der Waals surface area (Å²) < 4.78 is 4.68. The molecule has 0 aromatic heterocycles. The van der Waals surface area contributed by atoms with E-state index in [1.54, 1.807) is 13.8 Å². The van der Waals surface area contributed by atoms with Gasteiger partial charge in [-0.05, 0) is 19.3 Å². The topological polar surface area (TPSA) is 76.0 Å². The van der Waals surface area contributed by atoms with Gasteiger partial charge < -0.3 is 9.84 Å². The number of carbonyl (C=O) groups is 1. The Labute approximate surface area is 95.3 Å². The number of hydrogen-bond donors (Lipinski definition) is 2. The van der Waals surface area contributed by atoms with E-state index in [1.165, 1.54) is 7.11 Å². The predicted octanol–water partition coefficient (Wildman–Crippen LogP) is 1.06. The van der Waals surface area contributed by atoms with Crippen LogP contribution in [0.3, 0.4) is 0 Å². The molecule has 0 aromatic rings. The lowest BCUT2D eigenvalue weighted by molar-refractivity contribution is -0.336. The van der Waals surface area contributed by atoms with E-state index in [0.29, 0.717) is 0 Å². The zero-order valence-electron chi connectivity index (χ0n) is 10.4. The molecule has 1 aliphatic carbocycles. The number of hydrogen-bond acceptors (Lipinski definition) is 5. The van der Waals surface area contributed by atoms with Gasteiger partial charge in [-0.2, -0.15) is 0 Å². The van der Waals surface area contributed by atoms with E-state index in [1.807, 2.05) is 13.8 Å². The number of aliphatic hydroxyl groups is 1. The van der Waals surface area contributed by atoms with E-state index >= 15 is 0 Å². The van der Waals surface area contributed by atoms with Crippen LogP contribution in [0.5, 0.6) is 0 Å². The van der Waals surface area contributed by atoms with Crippen LogP contribution in [0.2, 0.25) is 0 Å². The van der Waals surface area contributed by atoms with Gasteiger partial charge in [0.05, 0.1) is 19.1 Å². The number of ether oxygens (including phenoxy) is 1. The first kappa shape index (κ1) is 13.4. The number of aliphatic hydroxyl groups excluding tert-OH is 1. The Morgan fingerprint density at radius 3 is 2.31 bits per heavy atom. The van der Waals surface area contributed by atoms with Gasteiger partial charge >= 0.3 is 5.97 Å². The summed E-state index contributed by atoms with van der Waals surface area (Å²) in [6, 6.07) is 0. The summed E-state index contributed by atoms with van der Waals surface area (Å²) in [6.07, 6.45) is -0.920. The quantitative estimate of drug-likeness (QED) is 0.430. The Hall–Kier alpha value is -0.650. The SMILES string of the molecule is COC(=O)C1C(C(O)C(C)(C)OO)C1(C)C. The minimum absolute atomic E-state index is 0.262. The van der Waals surface area contributed by atoms with Gasteiger partial charge in [0.15, 0.2) is 0 Å². The average molecular weight is 232 g/mol. The molecular formula is C11H20O5. The van der Waals surface area contributed by atoms with Crippen molar-refractivity contribution in [3.8, 4) is 0 Å². The van der Waals surface area contributed by atoms with Gasteiger partial charge in [0, 0.05) is 5.92 Å². The lowest BCUT2D eigenvalue weighted by atomic mass is 9.93. The molecule has 94 valence electrons. The van der Waals surface area contributed by atoms with Gasteiger partial charge in [0.1, 0.15) is 5.60 Å². The van der Waals surface area contributed by atoms with E-state index in [0.717, 1.165) is 0 Å². The fourth-order valence-electron chi connectivity index (χ4n) is 2.33. The van der Waals surface area contributed by atoms with Gasteiger partial charge in [-0.15, -0.1) is 0 Å². The van der Waals surface area contributed by atoms with E-state index in [4.69, 9.17) is 5.26 Å². The summed E-state index contributed by atoms with van der Waals surface area (Å²) in [5.41, 5.74) is -1.42. The lowest BCUT2D eigenvalue weighted by Gasteiger charge is -2.27. The van der Waals surface area contributed by atoms with E-state index in [9.17, 15) is 9.90 Å². The smallest absolute Gasteiger partial charge is 0.309 e. The standard InChI is InChI=1S/C11H20O5/c1-10(2)6(7(10)9(13)15-5)8(12)11(3,4)16-14/h6-8,12,14H,1-5H3. The molecule has 0 aliphatic heterocycles.